The van der Waals surface area contributed by atoms with Gasteiger partial charge in [0.1, 0.15) is 0 Å². The van der Waals surface area contributed by atoms with Gasteiger partial charge in [-0.3, -0.25) is 19.9 Å². The second-order valence-electron chi connectivity index (χ2n) is 4.46. The van der Waals surface area contributed by atoms with E-state index in [1.807, 2.05) is 0 Å². The van der Waals surface area contributed by atoms with Crippen LogP contribution >= 0.6 is 0 Å². The van der Waals surface area contributed by atoms with Gasteiger partial charge in [0.25, 0.3) is 5.69 Å². The van der Waals surface area contributed by atoms with Crippen LogP contribution in [0.3, 0.4) is 0 Å². The van der Waals surface area contributed by atoms with Crippen LogP contribution in [-0.2, 0) is 17.8 Å². The van der Waals surface area contributed by atoms with Crippen molar-refractivity contribution >= 4 is 17.3 Å². The Morgan fingerprint density at radius 2 is 2.14 bits per heavy atom. The van der Waals surface area contributed by atoms with Gasteiger partial charge in [0.05, 0.1) is 23.2 Å². The van der Waals surface area contributed by atoms with Crippen LogP contribution in [0.5, 0.6) is 0 Å². The van der Waals surface area contributed by atoms with E-state index in [9.17, 15) is 14.9 Å². The third kappa shape index (κ3) is 4.27. The van der Waals surface area contributed by atoms with E-state index in [1.54, 1.807) is 24.3 Å². The Labute approximate surface area is 121 Å². The highest BCUT2D eigenvalue weighted by molar-refractivity contribution is 5.78. The molecule has 0 aliphatic heterocycles. The Bertz CT molecular complexity index is 656. The average molecular weight is 286 g/mol. The molecule has 0 bridgehead atoms. The first kappa shape index (κ1) is 14.4. The highest BCUT2D eigenvalue weighted by Crippen LogP contribution is 2.12. The Morgan fingerprint density at radius 3 is 2.81 bits per heavy atom. The highest BCUT2D eigenvalue weighted by atomic mass is 16.6. The van der Waals surface area contributed by atoms with E-state index in [0.717, 1.165) is 0 Å². The number of nitrogens with two attached hydrogens (primary N) is 1. The van der Waals surface area contributed by atoms with Gasteiger partial charge in [0, 0.05) is 24.4 Å². The molecule has 0 aliphatic rings. The molecule has 0 unspecified atom stereocenters. The smallest absolute Gasteiger partial charge is 0.269 e. The molecule has 108 valence electrons. The number of amides is 1. The molecule has 1 aromatic carbocycles. The van der Waals surface area contributed by atoms with Crippen molar-refractivity contribution in [1.29, 1.82) is 0 Å². The third-order valence-corrected chi connectivity index (χ3v) is 2.80. The molecule has 21 heavy (non-hydrogen) atoms. The number of carbonyl (C=O) groups excluding carboxylic acids is 1. The molecular weight excluding hydrogens is 272 g/mol. The Morgan fingerprint density at radius 1 is 1.33 bits per heavy atom. The van der Waals surface area contributed by atoms with Crippen molar-refractivity contribution < 1.29 is 9.72 Å². The molecule has 0 aliphatic carbocycles. The number of pyridine rings is 1. The molecule has 1 heterocycles. The van der Waals surface area contributed by atoms with Crippen molar-refractivity contribution in [3.63, 3.8) is 0 Å². The second kappa shape index (κ2) is 6.47. The maximum atomic E-state index is 11.8. The minimum absolute atomic E-state index is 0.00181. The van der Waals surface area contributed by atoms with Crippen LogP contribution in [0.25, 0.3) is 0 Å². The van der Waals surface area contributed by atoms with Gasteiger partial charge in [0.15, 0.2) is 0 Å². The first-order valence-electron chi connectivity index (χ1n) is 6.25. The number of rotatable bonds is 5. The molecule has 3 N–H and O–H groups in total. The lowest BCUT2D eigenvalue weighted by atomic mass is 10.2. The van der Waals surface area contributed by atoms with Gasteiger partial charge in [-0.15, -0.1) is 0 Å². The molecule has 0 saturated heterocycles. The summed E-state index contributed by atoms with van der Waals surface area (Å²) < 4.78 is 0. The fourth-order valence-electron chi connectivity index (χ4n) is 1.75. The Balaban J connectivity index is 1.90. The number of hydrogen-bond donors (Lipinski definition) is 2. The van der Waals surface area contributed by atoms with Crippen LogP contribution in [0.2, 0.25) is 0 Å². The zero-order valence-electron chi connectivity index (χ0n) is 11.2. The largest absolute Gasteiger partial charge is 0.397 e. The summed E-state index contributed by atoms with van der Waals surface area (Å²) in [5.74, 6) is -0.209. The molecule has 0 fully saturated rings. The summed E-state index contributed by atoms with van der Waals surface area (Å²) in [4.78, 5) is 26.0. The molecule has 1 aromatic heterocycles. The van der Waals surface area contributed by atoms with Crippen LogP contribution < -0.4 is 11.1 Å². The van der Waals surface area contributed by atoms with Crippen LogP contribution in [0, 0.1) is 10.1 Å². The third-order valence-electron chi connectivity index (χ3n) is 2.80. The summed E-state index contributed by atoms with van der Waals surface area (Å²) in [6, 6.07) is 9.50. The molecule has 0 atom stereocenters. The standard InChI is InChI=1S/C14H14N4O3/c15-11-4-5-12(16-9-11)7-14(19)17-8-10-2-1-3-13(6-10)18(20)21/h1-6,9H,7-8,15H2,(H,17,19). The van der Waals surface area contributed by atoms with Gasteiger partial charge in [-0.25, -0.2) is 0 Å². The van der Waals surface area contributed by atoms with E-state index in [4.69, 9.17) is 5.73 Å². The lowest BCUT2D eigenvalue weighted by Gasteiger charge is -2.05. The molecule has 7 nitrogen and oxygen atoms in total. The van der Waals surface area contributed by atoms with Crippen molar-refractivity contribution in [2.75, 3.05) is 5.73 Å². The van der Waals surface area contributed by atoms with Crippen molar-refractivity contribution in [3.05, 3.63) is 64.0 Å². The highest BCUT2D eigenvalue weighted by Gasteiger charge is 2.08. The van der Waals surface area contributed by atoms with Crippen LogP contribution in [0.15, 0.2) is 42.6 Å². The minimum atomic E-state index is -0.469. The summed E-state index contributed by atoms with van der Waals surface area (Å²) in [5.41, 5.74) is 7.33. The zero-order chi connectivity index (χ0) is 15.2. The number of aromatic nitrogens is 1. The number of nitro benzene ring substituents is 1. The summed E-state index contributed by atoms with van der Waals surface area (Å²) in [5, 5.41) is 13.4. The Hall–Kier alpha value is -2.96. The lowest BCUT2D eigenvalue weighted by Crippen LogP contribution is -2.24. The number of nitro groups is 1. The van der Waals surface area contributed by atoms with Gasteiger partial charge in [-0.1, -0.05) is 12.1 Å². The first-order valence-corrected chi connectivity index (χ1v) is 6.25. The van der Waals surface area contributed by atoms with Gasteiger partial charge < -0.3 is 11.1 Å². The van der Waals surface area contributed by atoms with Crippen LogP contribution in [-0.4, -0.2) is 15.8 Å². The van der Waals surface area contributed by atoms with E-state index < -0.39 is 4.92 Å². The van der Waals surface area contributed by atoms with Crippen molar-refractivity contribution in [2.45, 2.75) is 13.0 Å². The van der Waals surface area contributed by atoms with E-state index >= 15 is 0 Å². The maximum absolute atomic E-state index is 11.8. The van der Waals surface area contributed by atoms with E-state index in [0.29, 0.717) is 16.9 Å². The van der Waals surface area contributed by atoms with Gasteiger partial charge in [-0.2, -0.15) is 0 Å². The van der Waals surface area contributed by atoms with Gasteiger partial charge in [0.2, 0.25) is 5.91 Å². The molecule has 7 heteroatoms. The fourth-order valence-corrected chi connectivity index (χ4v) is 1.75. The molecule has 0 saturated carbocycles. The number of hydrogen-bond acceptors (Lipinski definition) is 5. The van der Waals surface area contributed by atoms with Crippen molar-refractivity contribution in [3.8, 4) is 0 Å². The summed E-state index contributed by atoms with van der Waals surface area (Å²) in [6.45, 7) is 0.232. The predicted molar refractivity (Wildman–Crippen MR) is 77.3 cm³/mol. The fraction of sp³-hybridized carbons (Fsp3) is 0.143. The maximum Gasteiger partial charge on any atom is 0.269 e. The summed E-state index contributed by atoms with van der Waals surface area (Å²) in [6.07, 6.45) is 1.62. The number of nitrogen functional groups attached to an aromatic ring is 1. The number of carbonyl (C=O) groups is 1. The summed E-state index contributed by atoms with van der Waals surface area (Å²) >= 11 is 0. The van der Waals surface area contributed by atoms with Gasteiger partial charge >= 0.3 is 0 Å². The molecule has 2 aromatic rings. The number of anilines is 1. The van der Waals surface area contributed by atoms with E-state index in [1.165, 1.54) is 18.3 Å². The van der Waals surface area contributed by atoms with Crippen molar-refractivity contribution in [2.24, 2.45) is 0 Å². The molecular formula is C14H14N4O3. The SMILES string of the molecule is Nc1ccc(CC(=O)NCc2cccc([N+](=O)[O-])c2)nc1. The van der Waals surface area contributed by atoms with Gasteiger partial charge in [-0.05, 0) is 17.7 Å². The monoisotopic (exact) mass is 286 g/mol. The van der Waals surface area contributed by atoms with E-state index in [2.05, 4.69) is 10.3 Å². The van der Waals surface area contributed by atoms with Crippen molar-refractivity contribution in [1.82, 2.24) is 10.3 Å². The number of nitrogens with zero attached hydrogens (tertiary/aromatic N) is 2. The lowest BCUT2D eigenvalue weighted by molar-refractivity contribution is -0.384. The molecule has 1 amide bonds. The topological polar surface area (TPSA) is 111 Å². The molecule has 0 spiro atoms. The number of non-ortho nitro benzene ring substituents is 1. The molecule has 2 rings (SSSR count). The Kier molecular flexibility index (Phi) is 4.45. The average Bonchev–Trinajstić information content (AvgIpc) is 2.48. The van der Waals surface area contributed by atoms with E-state index in [-0.39, 0.29) is 24.6 Å². The zero-order valence-corrected chi connectivity index (χ0v) is 11.2. The van der Waals surface area contributed by atoms with Crippen LogP contribution in [0.4, 0.5) is 11.4 Å². The minimum Gasteiger partial charge on any atom is -0.397 e. The first-order chi connectivity index (χ1) is 10.0. The van der Waals surface area contributed by atoms with Crippen LogP contribution in [0.1, 0.15) is 11.3 Å². The second-order valence-corrected chi connectivity index (χ2v) is 4.46. The normalized spacial score (nSPS) is 10.1. The predicted octanol–water partition coefficient (Wildman–Crippen LogP) is 1.43. The quantitative estimate of drug-likeness (QED) is 0.638. The molecule has 0 radical (unpaired) electrons. The number of nitrogens with one attached hydrogen (secondary N) is 1. The number of benzene rings is 1. The summed E-state index contributed by atoms with van der Waals surface area (Å²) in [7, 11) is 0.